The first-order chi connectivity index (χ1) is 6.69. The van der Waals surface area contributed by atoms with E-state index in [4.69, 9.17) is 15.6 Å². The summed E-state index contributed by atoms with van der Waals surface area (Å²) in [7, 11) is 1.69. The predicted octanol–water partition coefficient (Wildman–Crippen LogP) is -0.491. The van der Waals surface area contributed by atoms with Crippen molar-refractivity contribution in [2.75, 3.05) is 26.7 Å². The van der Waals surface area contributed by atoms with E-state index in [1.807, 2.05) is 4.90 Å². The highest BCUT2D eigenvalue weighted by atomic mass is 16.5. The second-order valence-corrected chi connectivity index (χ2v) is 3.56. The molecule has 1 aliphatic rings. The Labute approximate surface area is 83.8 Å². The molecule has 0 aromatic carbocycles. The lowest BCUT2D eigenvalue weighted by molar-refractivity contribution is -0.143. The van der Waals surface area contributed by atoms with Crippen LogP contribution in [0, 0.1) is 0 Å². The molecule has 1 atom stereocenters. The molecule has 1 aliphatic heterocycles. The molecule has 1 heterocycles. The van der Waals surface area contributed by atoms with Gasteiger partial charge in [-0.2, -0.15) is 0 Å². The van der Waals surface area contributed by atoms with Crippen LogP contribution in [0.3, 0.4) is 0 Å². The first-order valence-electron chi connectivity index (χ1n) is 4.88. The summed E-state index contributed by atoms with van der Waals surface area (Å²) >= 11 is 0. The number of hydrogen-bond acceptors (Lipinski definition) is 4. The Kier molecular flexibility index (Phi) is 4.31. The van der Waals surface area contributed by atoms with E-state index in [-0.39, 0.29) is 12.6 Å². The molecule has 5 nitrogen and oxygen atoms in total. The minimum atomic E-state index is -0.830. The molecular weight excluding hydrogens is 184 g/mol. The minimum Gasteiger partial charge on any atom is -0.480 e. The van der Waals surface area contributed by atoms with Crippen molar-refractivity contribution in [2.45, 2.75) is 25.0 Å². The van der Waals surface area contributed by atoms with Crippen molar-refractivity contribution in [3.8, 4) is 0 Å². The average molecular weight is 202 g/mol. The number of piperidine rings is 1. The molecular formula is C9H18N2O3. The second-order valence-electron chi connectivity index (χ2n) is 3.56. The van der Waals surface area contributed by atoms with Gasteiger partial charge in [0.1, 0.15) is 6.04 Å². The van der Waals surface area contributed by atoms with Gasteiger partial charge in [0.05, 0.1) is 6.10 Å². The van der Waals surface area contributed by atoms with E-state index in [0.717, 1.165) is 25.9 Å². The zero-order valence-corrected chi connectivity index (χ0v) is 8.48. The molecule has 3 N–H and O–H groups in total. The molecule has 0 radical (unpaired) electrons. The molecule has 82 valence electrons. The van der Waals surface area contributed by atoms with E-state index in [9.17, 15) is 4.79 Å². The number of hydrogen-bond donors (Lipinski definition) is 2. The highest BCUT2D eigenvalue weighted by molar-refractivity contribution is 5.73. The highest BCUT2D eigenvalue weighted by Crippen LogP contribution is 2.14. The Balaban J connectivity index is 2.43. The maximum atomic E-state index is 10.8. The summed E-state index contributed by atoms with van der Waals surface area (Å²) in [6, 6.07) is -0.534. The third-order valence-electron chi connectivity index (χ3n) is 2.76. The van der Waals surface area contributed by atoms with Crippen molar-refractivity contribution in [3.63, 3.8) is 0 Å². The lowest BCUT2D eigenvalue weighted by Crippen LogP contribution is -2.50. The van der Waals surface area contributed by atoms with Crippen molar-refractivity contribution in [1.29, 1.82) is 0 Å². The summed E-state index contributed by atoms with van der Waals surface area (Å²) in [5.74, 6) is -0.830. The molecule has 0 aromatic rings. The number of ether oxygens (including phenoxy) is 1. The number of carbonyl (C=O) groups is 1. The molecule has 1 unspecified atom stereocenters. The number of nitrogens with two attached hydrogens (primary N) is 1. The highest BCUT2D eigenvalue weighted by Gasteiger charge is 2.28. The van der Waals surface area contributed by atoms with E-state index in [0.29, 0.717) is 0 Å². The monoisotopic (exact) mass is 202 g/mol. The Bertz CT molecular complexity index is 190. The normalized spacial score (nSPS) is 22.1. The fourth-order valence-electron chi connectivity index (χ4n) is 1.83. The van der Waals surface area contributed by atoms with Gasteiger partial charge in [0.2, 0.25) is 0 Å². The summed E-state index contributed by atoms with van der Waals surface area (Å²) < 4.78 is 5.21. The van der Waals surface area contributed by atoms with Crippen LogP contribution in [0.4, 0.5) is 0 Å². The van der Waals surface area contributed by atoms with Gasteiger partial charge in [0.15, 0.2) is 0 Å². The minimum absolute atomic E-state index is 0.174. The predicted molar refractivity (Wildman–Crippen MR) is 52.1 cm³/mol. The van der Waals surface area contributed by atoms with Crippen LogP contribution < -0.4 is 5.73 Å². The third-order valence-corrected chi connectivity index (χ3v) is 2.76. The fraction of sp³-hybridized carbons (Fsp3) is 0.889. The van der Waals surface area contributed by atoms with Crippen molar-refractivity contribution >= 4 is 5.97 Å². The summed E-state index contributed by atoms with van der Waals surface area (Å²) in [6.07, 6.45) is 2.05. The maximum absolute atomic E-state index is 10.8. The number of carboxylic acid groups (broad SMARTS) is 1. The molecule has 0 spiro atoms. The molecule has 1 fully saturated rings. The van der Waals surface area contributed by atoms with Crippen LogP contribution in [0.15, 0.2) is 0 Å². The largest absolute Gasteiger partial charge is 0.480 e. The maximum Gasteiger partial charge on any atom is 0.322 e. The van der Waals surface area contributed by atoms with E-state index in [1.54, 1.807) is 7.11 Å². The van der Waals surface area contributed by atoms with Crippen LogP contribution in [0.2, 0.25) is 0 Å². The Hall–Kier alpha value is -0.650. The second kappa shape index (κ2) is 5.29. The van der Waals surface area contributed by atoms with Gasteiger partial charge < -0.3 is 15.6 Å². The Morgan fingerprint density at radius 3 is 2.57 bits per heavy atom. The third kappa shape index (κ3) is 2.67. The number of carboxylic acids is 1. The van der Waals surface area contributed by atoms with Crippen molar-refractivity contribution in [1.82, 2.24) is 4.90 Å². The van der Waals surface area contributed by atoms with Gasteiger partial charge in [-0.25, -0.2) is 0 Å². The van der Waals surface area contributed by atoms with Crippen LogP contribution in [-0.4, -0.2) is 54.9 Å². The SMILES string of the molecule is COC1CCN(C(CN)C(=O)O)CC1. The van der Waals surface area contributed by atoms with Crippen molar-refractivity contribution in [3.05, 3.63) is 0 Å². The average Bonchev–Trinajstić information content (AvgIpc) is 2.19. The number of rotatable bonds is 4. The number of nitrogens with zero attached hydrogens (tertiary/aromatic N) is 1. The Morgan fingerprint density at radius 2 is 2.21 bits per heavy atom. The zero-order valence-electron chi connectivity index (χ0n) is 8.48. The van der Waals surface area contributed by atoms with Crippen molar-refractivity contribution < 1.29 is 14.6 Å². The van der Waals surface area contributed by atoms with Gasteiger partial charge >= 0.3 is 5.97 Å². The van der Waals surface area contributed by atoms with Crippen LogP contribution in [-0.2, 0) is 9.53 Å². The van der Waals surface area contributed by atoms with Crippen LogP contribution in [0.5, 0.6) is 0 Å². The zero-order chi connectivity index (χ0) is 10.6. The molecule has 0 aromatic heterocycles. The first-order valence-corrected chi connectivity index (χ1v) is 4.88. The van der Waals surface area contributed by atoms with E-state index >= 15 is 0 Å². The molecule has 1 rings (SSSR count). The molecule has 0 saturated carbocycles. The molecule has 5 heteroatoms. The number of methoxy groups -OCH3 is 1. The summed E-state index contributed by atoms with van der Waals surface area (Å²) in [5.41, 5.74) is 5.42. The van der Waals surface area contributed by atoms with Crippen LogP contribution >= 0.6 is 0 Å². The van der Waals surface area contributed by atoms with Gasteiger partial charge in [-0.1, -0.05) is 0 Å². The van der Waals surface area contributed by atoms with Gasteiger partial charge in [0, 0.05) is 26.7 Å². The topological polar surface area (TPSA) is 75.8 Å². The summed E-state index contributed by atoms with van der Waals surface area (Å²) in [5, 5.41) is 8.90. The van der Waals surface area contributed by atoms with Gasteiger partial charge in [-0.15, -0.1) is 0 Å². The first kappa shape index (κ1) is 11.4. The lowest BCUT2D eigenvalue weighted by Gasteiger charge is -2.34. The van der Waals surface area contributed by atoms with Crippen LogP contribution in [0.1, 0.15) is 12.8 Å². The van der Waals surface area contributed by atoms with E-state index in [1.165, 1.54) is 0 Å². The van der Waals surface area contributed by atoms with Gasteiger partial charge in [0.25, 0.3) is 0 Å². The number of aliphatic carboxylic acids is 1. The molecule has 0 amide bonds. The summed E-state index contributed by atoms with van der Waals surface area (Å²) in [4.78, 5) is 12.7. The van der Waals surface area contributed by atoms with E-state index in [2.05, 4.69) is 0 Å². The molecule has 0 aliphatic carbocycles. The van der Waals surface area contributed by atoms with Crippen LogP contribution in [0.25, 0.3) is 0 Å². The van der Waals surface area contributed by atoms with Crippen molar-refractivity contribution in [2.24, 2.45) is 5.73 Å². The quantitative estimate of drug-likeness (QED) is 0.643. The number of likely N-dealkylation sites (tertiary alicyclic amines) is 1. The van der Waals surface area contributed by atoms with Gasteiger partial charge in [-0.05, 0) is 12.8 Å². The molecule has 0 bridgehead atoms. The fourth-order valence-corrected chi connectivity index (χ4v) is 1.83. The van der Waals surface area contributed by atoms with E-state index < -0.39 is 12.0 Å². The summed E-state index contributed by atoms with van der Waals surface area (Å²) in [6.45, 7) is 1.69. The lowest BCUT2D eigenvalue weighted by atomic mass is 10.1. The smallest absolute Gasteiger partial charge is 0.322 e. The standard InChI is InChI=1S/C9H18N2O3/c1-14-7-2-4-11(5-3-7)8(6-10)9(12)13/h7-8H,2-6,10H2,1H3,(H,12,13). The van der Waals surface area contributed by atoms with Gasteiger partial charge in [-0.3, -0.25) is 9.69 Å². The molecule has 1 saturated heterocycles. The Morgan fingerprint density at radius 1 is 1.64 bits per heavy atom. The molecule has 14 heavy (non-hydrogen) atoms.